The molecule has 1 rings (SSSR count). The number of hydrogen-bond acceptors (Lipinski definition) is 2. The van der Waals surface area contributed by atoms with Crippen molar-refractivity contribution in [1.82, 2.24) is 0 Å². The van der Waals surface area contributed by atoms with E-state index in [1.807, 2.05) is 0 Å². The molecule has 0 aromatic heterocycles. The van der Waals surface area contributed by atoms with Crippen LogP contribution in [0.3, 0.4) is 0 Å². The van der Waals surface area contributed by atoms with Crippen LogP contribution in [0.5, 0.6) is 0 Å². The third-order valence-electron chi connectivity index (χ3n) is 3.56. The summed E-state index contributed by atoms with van der Waals surface area (Å²) >= 11 is 2.35. The van der Waals surface area contributed by atoms with Crippen LogP contribution in [0.4, 0.5) is 5.69 Å². The van der Waals surface area contributed by atoms with E-state index < -0.39 is 8.32 Å². The highest BCUT2D eigenvalue weighted by molar-refractivity contribution is 14.1. The first-order valence-corrected chi connectivity index (χ1v) is 10.3. The summed E-state index contributed by atoms with van der Waals surface area (Å²) in [5, 5.41) is 3.71. The molecule has 0 fully saturated rings. The van der Waals surface area contributed by atoms with Gasteiger partial charge in [-0.3, -0.25) is 0 Å². The summed E-state index contributed by atoms with van der Waals surface area (Å²) in [6, 6.07) is 8.32. The van der Waals surface area contributed by atoms with Gasteiger partial charge < -0.3 is 9.74 Å². The molecule has 2 nitrogen and oxygen atoms in total. The van der Waals surface area contributed by atoms with Gasteiger partial charge in [0.15, 0.2) is 8.32 Å². The van der Waals surface area contributed by atoms with Crippen molar-refractivity contribution >= 4 is 36.6 Å². The third kappa shape index (κ3) is 4.55. The molecule has 0 heterocycles. The monoisotopic (exact) mass is 377 g/mol. The fraction of sp³-hybridized carbons (Fsp3) is 0.571. The minimum atomic E-state index is -1.60. The normalized spacial score (nSPS) is 12.6. The molecular formula is C14H24INOSi. The molecule has 1 aromatic carbocycles. The number of para-hydroxylation sites is 1. The number of nitrogens with one attached hydrogen (secondary N) is 1. The minimum absolute atomic E-state index is 0.286. The first-order chi connectivity index (χ1) is 8.24. The number of benzene rings is 1. The van der Waals surface area contributed by atoms with Crippen LogP contribution in [0.2, 0.25) is 18.1 Å². The van der Waals surface area contributed by atoms with E-state index in [4.69, 9.17) is 4.43 Å². The van der Waals surface area contributed by atoms with Crippen LogP contribution in [0.1, 0.15) is 20.8 Å². The zero-order valence-corrected chi connectivity index (χ0v) is 15.2. The predicted molar refractivity (Wildman–Crippen MR) is 90.8 cm³/mol. The molecule has 0 saturated heterocycles. The molecule has 0 bridgehead atoms. The second kappa shape index (κ2) is 6.39. The predicted octanol–water partition coefficient (Wildman–Crippen LogP) is 4.72. The van der Waals surface area contributed by atoms with E-state index in [-0.39, 0.29) is 5.04 Å². The zero-order chi connectivity index (χ0) is 13.8. The van der Waals surface area contributed by atoms with Crippen molar-refractivity contribution in [2.45, 2.75) is 38.9 Å². The minimum Gasteiger partial charge on any atom is -0.415 e. The smallest absolute Gasteiger partial charge is 0.192 e. The highest BCUT2D eigenvalue weighted by atomic mass is 127. The fourth-order valence-electron chi connectivity index (χ4n) is 1.31. The summed E-state index contributed by atoms with van der Waals surface area (Å²) in [5.74, 6) is 0. The van der Waals surface area contributed by atoms with E-state index in [9.17, 15) is 0 Å². The highest BCUT2D eigenvalue weighted by Crippen LogP contribution is 2.36. The van der Waals surface area contributed by atoms with Gasteiger partial charge in [0.1, 0.15) is 0 Å². The highest BCUT2D eigenvalue weighted by Gasteiger charge is 2.36. The molecule has 0 atom stereocenters. The molecule has 0 aliphatic heterocycles. The first-order valence-electron chi connectivity index (χ1n) is 6.36. The molecule has 0 aliphatic carbocycles. The van der Waals surface area contributed by atoms with Gasteiger partial charge in [-0.1, -0.05) is 32.9 Å². The van der Waals surface area contributed by atoms with Crippen molar-refractivity contribution in [3.8, 4) is 0 Å². The van der Waals surface area contributed by atoms with Crippen molar-refractivity contribution in [1.29, 1.82) is 0 Å². The Labute approximate surface area is 126 Å². The largest absolute Gasteiger partial charge is 0.415 e. The van der Waals surface area contributed by atoms with E-state index in [1.165, 1.54) is 9.26 Å². The molecule has 1 aromatic rings. The SMILES string of the molecule is CC(C)(C)[Si](C)(C)OCCNc1ccccc1I. The summed E-state index contributed by atoms with van der Waals surface area (Å²) in [4.78, 5) is 0. The van der Waals surface area contributed by atoms with E-state index in [0.717, 1.165) is 13.2 Å². The van der Waals surface area contributed by atoms with E-state index >= 15 is 0 Å². The lowest BCUT2D eigenvalue weighted by Crippen LogP contribution is -2.41. The van der Waals surface area contributed by atoms with Gasteiger partial charge in [0.05, 0.1) is 6.61 Å². The number of halogens is 1. The van der Waals surface area contributed by atoms with Crippen molar-refractivity contribution in [2.75, 3.05) is 18.5 Å². The lowest BCUT2D eigenvalue weighted by molar-refractivity contribution is 0.301. The summed E-state index contributed by atoms with van der Waals surface area (Å²) in [6.07, 6.45) is 0. The summed E-state index contributed by atoms with van der Waals surface area (Å²) < 4.78 is 7.38. The molecule has 0 unspecified atom stereocenters. The van der Waals surface area contributed by atoms with Gasteiger partial charge in [0, 0.05) is 15.8 Å². The lowest BCUT2D eigenvalue weighted by Gasteiger charge is -2.36. The van der Waals surface area contributed by atoms with Gasteiger partial charge in [-0.25, -0.2) is 0 Å². The van der Waals surface area contributed by atoms with Crippen LogP contribution in [-0.4, -0.2) is 21.5 Å². The molecule has 102 valence electrons. The second-order valence-corrected chi connectivity index (χ2v) is 12.0. The summed E-state index contributed by atoms with van der Waals surface area (Å²) in [7, 11) is -1.60. The van der Waals surface area contributed by atoms with Crippen molar-refractivity contribution in [3.05, 3.63) is 27.8 Å². The standard InChI is InChI=1S/C14H24INOSi/c1-14(2,3)18(4,5)17-11-10-16-13-9-7-6-8-12(13)15/h6-9,16H,10-11H2,1-5H3. The summed E-state index contributed by atoms with van der Waals surface area (Å²) in [5.41, 5.74) is 1.19. The van der Waals surface area contributed by atoms with Gasteiger partial charge in [-0.15, -0.1) is 0 Å². The van der Waals surface area contributed by atoms with Crippen molar-refractivity contribution in [2.24, 2.45) is 0 Å². The molecule has 0 spiro atoms. The Morgan fingerprint density at radius 2 is 1.83 bits per heavy atom. The average Bonchev–Trinajstić information content (AvgIpc) is 2.25. The molecule has 0 amide bonds. The topological polar surface area (TPSA) is 21.3 Å². The Balaban J connectivity index is 2.38. The molecular weight excluding hydrogens is 353 g/mol. The molecule has 0 radical (unpaired) electrons. The van der Waals surface area contributed by atoms with E-state index in [1.54, 1.807) is 0 Å². The fourth-order valence-corrected chi connectivity index (χ4v) is 2.94. The molecule has 0 aliphatic rings. The molecule has 4 heteroatoms. The van der Waals surface area contributed by atoms with Gasteiger partial charge in [-0.05, 0) is 52.9 Å². The lowest BCUT2D eigenvalue weighted by atomic mass is 10.2. The number of hydrogen-bond donors (Lipinski definition) is 1. The Morgan fingerprint density at radius 3 is 2.39 bits per heavy atom. The van der Waals surface area contributed by atoms with E-state index in [2.05, 4.69) is 86.0 Å². The quantitative estimate of drug-likeness (QED) is 0.455. The number of anilines is 1. The van der Waals surface area contributed by atoms with Crippen molar-refractivity contribution < 1.29 is 4.43 Å². The molecule has 1 N–H and O–H groups in total. The van der Waals surface area contributed by atoms with E-state index in [0.29, 0.717) is 0 Å². The van der Waals surface area contributed by atoms with Gasteiger partial charge in [0.25, 0.3) is 0 Å². The zero-order valence-electron chi connectivity index (χ0n) is 12.0. The van der Waals surface area contributed by atoms with Crippen molar-refractivity contribution in [3.63, 3.8) is 0 Å². The molecule has 0 saturated carbocycles. The third-order valence-corrected chi connectivity index (χ3v) is 9.04. The van der Waals surface area contributed by atoms with Gasteiger partial charge in [0.2, 0.25) is 0 Å². The van der Waals surface area contributed by atoms with Crippen LogP contribution in [0.25, 0.3) is 0 Å². The van der Waals surface area contributed by atoms with Crippen LogP contribution in [-0.2, 0) is 4.43 Å². The maximum atomic E-state index is 6.13. The molecule has 18 heavy (non-hydrogen) atoms. The van der Waals surface area contributed by atoms with Crippen LogP contribution < -0.4 is 5.32 Å². The Morgan fingerprint density at radius 1 is 1.22 bits per heavy atom. The maximum Gasteiger partial charge on any atom is 0.192 e. The van der Waals surface area contributed by atoms with Crippen LogP contribution >= 0.6 is 22.6 Å². The van der Waals surface area contributed by atoms with Gasteiger partial charge in [-0.2, -0.15) is 0 Å². The maximum absolute atomic E-state index is 6.13. The Bertz CT molecular complexity index is 388. The first kappa shape index (κ1) is 16.0. The van der Waals surface area contributed by atoms with Gasteiger partial charge >= 0.3 is 0 Å². The Kier molecular flexibility index (Phi) is 5.67. The average molecular weight is 377 g/mol. The second-order valence-electron chi connectivity index (χ2n) is 6.02. The van der Waals surface area contributed by atoms with Crippen LogP contribution in [0, 0.1) is 3.57 Å². The van der Waals surface area contributed by atoms with Crippen LogP contribution in [0.15, 0.2) is 24.3 Å². The Hall–Kier alpha value is -0.0731. The number of rotatable bonds is 5. The summed E-state index contributed by atoms with van der Waals surface area (Å²) in [6.45, 7) is 13.0.